The minimum Gasteiger partial charge on any atom is -0.462 e. The van der Waals surface area contributed by atoms with Gasteiger partial charge in [-0.3, -0.25) is 0 Å². The second-order valence-corrected chi connectivity index (χ2v) is 5.04. The van der Waals surface area contributed by atoms with Gasteiger partial charge in [0.15, 0.2) is 0 Å². The molecular formula is C15H26N4O2. The molecule has 1 unspecified atom stereocenters. The summed E-state index contributed by atoms with van der Waals surface area (Å²) < 4.78 is 4.97. The van der Waals surface area contributed by atoms with E-state index in [-0.39, 0.29) is 0 Å². The number of pyridine rings is 1. The lowest BCUT2D eigenvalue weighted by atomic mass is 10.2. The molecule has 0 saturated heterocycles. The third kappa shape index (κ3) is 5.23. The van der Waals surface area contributed by atoms with Gasteiger partial charge < -0.3 is 20.7 Å². The summed E-state index contributed by atoms with van der Waals surface area (Å²) in [5.74, 6) is 0.210. The van der Waals surface area contributed by atoms with Crippen molar-refractivity contribution in [2.24, 2.45) is 0 Å². The van der Waals surface area contributed by atoms with E-state index in [2.05, 4.69) is 36.1 Å². The van der Waals surface area contributed by atoms with E-state index in [0.29, 0.717) is 29.7 Å². The van der Waals surface area contributed by atoms with Crippen LogP contribution in [0.1, 0.15) is 37.6 Å². The lowest BCUT2D eigenvalue weighted by molar-refractivity contribution is 0.0527. The lowest BCUT2D eigenvalue weighted by Crippen LogP contribution is -2.32. The zero-order valence-electron chi connectivity index (χ0n) is 13.3. The molecule has 6 heteroatoms. The average Bonchev–Trinajstić information content (AvgIpc) is 2.48. The van der Waals surface area contributed by atoms with E-state index in [0.717, 1.165) is 19.5 Å². The van der Waals surface area contributed by atoms with Crippen LogP contribution in [0.25, 0.3) is 0 Å². The molecule has 1 aromatic heterocycles. The minimum atomic E-state index is -0.419. The van der Waals surface area contributed by atoms with Gasteiger partial charge >= 0.3 is 5.97 Å². The van der Waals surface area contributed by atoms with Crippen LogP contribution in [0, 0.1) is 0 Å². The summed E-state index contributed by atoms with van der Waals surface area (Å²) in [6.07, 6.45) is 2.59. The number of nitrogens with two attached hydrogens (primary N) is 1. The standard InChI is InChI=1S/C15H26N4O2/c1-5-11(3)19(4)8-7-17-14-9-12(13(16)10-18-14)15(20)21-6-2/h9-11H,5-8,16H2,1-4H3,(H,17,18). The summed E-state index contributed by atoms with van der Waals surface area (Å²) in [6.45, 7) is 8.10. The molecule has 0 aliphatic heterocycles. The zero-order valence-corrected chi connectivity index (χ0v) is 13.3. The summed E-state index contributed by atoms with van der Waals surface area (Å²) in [5, 5.41) is 3.20. The number of carbonyl (C=O) groups excluding carboxylic acids is 1. The van der Waals surface area contributed by atoms with Gasteiger partial charge in [-0.15, -0.1) is 0 Å². The minimum absolute atomic E-state index is 0.322. The number of nitrogens with zero attached hydrogens (tertiary/aromatic N) is 2. The lowest BCUT2D eigenvalue weighted by Gasteiger charge is -2.23. The van der Waals surface area contributed by atoms with Crippen LogP contribution < -0.4 is 11.1 Å². The SMILES string of the molecule is CCOC(=O)c1cc(NCCN(C)C(C)CC)ncc1N. The molecule has 1 aromatic rings. The van der Waals surface area contributed by atoms with E-state index in [9.17, 15) is 4.79 Å². The molecule has 0 bridgehead atoms. The fourth-order valence-electron chi connectivity index (χ4n) is 1.84. The number of ether oxygens (including phenoxy) is 1. The van der Waals surface area contributed by atoms with E-state index in [1.807, 2.05) is 0 Å². The summed E-state index contributed by atoms with van der Waals surface area (Å²) >= 11 is 0. The number of hydrogen-bond acceptors (Lipinski definition) is 6. The monoisotopic (exact) mass is 294 g/mol. The second kappa shape index (κ2) is 8.46. The van der Waals surface area contributed by atoms with Gasteiger partial charge in [0.05, 0.1) is 24.1 Å². The first-order valence-electron chi connectivity index (χ1n) is 7.36. The molecular weight excluding hydrogens is 268 g/mol. The Balaban J connectivity index is 2.60. The molecule has 118 valence electrons. The van der Waals surface area contributed by atoms with Gasteiger partial charge in [0.1, 0.15) is 5.82 Å². The van der Waals surface area contributed by atoms with E-state index in [4.69, 9.17) is 10.5 Å². The number of rotatable bonds is 8. The number of likely N-dealkylation sites (N-methyl/N-ethyl adjacent to an activating group) is 1. The Labute approximate surface area is 126 Å². The van der Waals surface area contributed by atoms with E-state index >= 15 is 0 Å². The van der Waals surface area contributed by atoms with Gasteiger partial charge in [0.2, 0.25) is 0 Å². The molecule has 3 N–H and O–H groups in total. The predicted octanol–water partition coefficient (Wildman–Crippen LogP) is 1.98. The summed E-state index contributed by atoms with van der Waals surface area (Å²) in [4.78, 5) is 18.2. The molecule has 0 amide bonds. The Morgan fingerprint density at radius 1 is 1.52 bits per heavy atom. The van der Waals surface area contributed by atoms with E-state index in [1.54, 1.807) is 13.0 Å². The summed E-state index contributed by atoms with van der Waals surface area (Å²) in [6, 6.07) is 2.18. The van der Waals surface area contributed by atoms with Crippen LogP contribution in [0.3, 0.4) is 0 Å². The molecule has 0 saturated carbocycles. The molecule has 0 spiro atoms. The highest BCUT2D eigenvalue weighted by molar-refractivity contribution is 5.95. The third-order valence-electron chi connectivity index (χ3n) is 3.54. The summed E-state index contributed by atoms with van der Waals surface area (Å²) in [5.41, 5.74) is 6.44. The van der Waals surface area contributed by atoms with E-state index < -0.39 is 5.97 Å². The molecule has 0 aliphatic carbocycles. The topological polar surface area (TPSA) is 80.5 Å². The Morgan fingerprint density at radius 2 is 2.24 bits per heavy atom. The van der Waals surface area contributed by atoms with Crippen molar-refractivity contribution in [1.82, 2.24) is 9.88 Å². The molecule has 1 heterocycles. The number of nitrogen functional groups attached to an aromatic ring is 1. The van der Waals surface area contributed by atoms with E-state index in [1.165, 1.54) is 6.20 Å². The molecule has 1 rings (SSSR count). The largest absolute Gasteiger partial charge is 0.462 e. The van der Waals surface area contributed by atoms with Crippen LogP contribution in [-0.4, -0.2) is 48.6 Å². The van der Waals surface area contributed by atoms with Gasteiger partial charge in [0, 0.05) is 19.1 Å². The van der Waals surface area contributed by atoms with Gasteiger partial charge in [-0.2, -0.15) is 0 Å². The average molecular weight is 294 g/mol. The molecule has 0 aliphatic rings. The molecule has 0 aromatic carbocycles. The number of esters is 1. The van der Waals surface area contributed by atoms with Crippen LogP contribution in [0.4, 0.5) is 11.5 Å². The third-order valence-corrected chi connectivity index (χ3v) is 3.54. The molecule has 6 nitrogen and oxygen atoms in total. The Kier molecular flexibility index (Phi) is 6.94. The maximum Gasteiger partial charge on any atom is 0.340 e. The van der Waals surface area contributed by atoms with Gasteiger partial charge in [-0.05, 0) is 33.4 Å². The maximum atomic E-state index is 11.8. The van der Waals surface area contributed by atoms with Crippen LogP contribution >= 0.6 is 0 Å². The predicted molar refractivity (Wildman–Crippen MR) is 85.5 cm³/mol. The van der Waals surface area contributed by atoms with Crippen LogP contribution in [-0.2, 0) is 4.74 Å². The van der Waals surface area contributed by atoms with Crippen molar-refractivity contribution in [2.75, 3.05) is 37.8 Å². The highest BCUT2D eigenvalue weighted by Crippen LogP contribution is 2.16. The highest BCUT2D eigenvalue weighted by Gasteiger charge is 2.12. The number of carbonyl (C=O) groups is 1. The molecule has 0 fully saturated rings. The fourth-order valence-corrected chi connectivity index (χ4v) is 1.84. The van der Waals surface area contributed by atoms with Crippen molar-refractivity contribution in [3.05, 3.63) is 17.8 Å². The number of hydrogen-bond donors (Lipinski definition) is 2. The first-order valence-corrected chi connectivity index (χ1v) is 7.36. The van der Waals surface area contributed by atoms with Gasteiger partial charge in [-0.25, -0.2) is 9.78 Å². The fraction of sp³-hybridized carbons (Fsp3) is 0.600. The molecule has 21 heavy (non-hydrogen) atoms. The van der Waals surface area contributed by atoms with Crippen molar-refractivity contribution in [3.63, 3.8) is 0 Å². The van der Waals surface area contributed by atoms with Gasteiger partial charge in [0.25, 0.3) is 0 Å². The van der Waals surface area contributed by atoms with Crippen LogP contribution in [0.5, 0.6) is 0 Å². The quantitative estimate of drug-likeness (QED) is 0.714. The Bertz CT molecular complexity index is 465. The first-order chi connectivity index (χ1) is 9.99. The maximum absolute atomic E-state index is 11.8. The highest BCUT2D eigenvalue weighted by atomic mass is 16.5. The van der Waals surface area contributed by atoms with Crippen molar-refractivity contribution in [1.29, 1.82) is 0 Å². The number of anilines is 2. The summed E-state index contributed by atoms with van der Waals surface area (Å²) in [7, 11) is 2.09. The Morgan fingerprint density at radius 3 is 2.86 bits per heavy atom. The van der Waals surface area contributed by atoms with Crippen molar-refractivity contribution < 1.29 is 9.53 Å². The van der Waals surface area contributed by atoms with Crippen molar-refractivity contribution in [2.45, 2.75) is 33.2 Å². The smallest absolute Gasteiger partial charge is 0.340 e. The number of aromatic nitrogens is 1. The van der Waals surface area contributed by atoms with Crippen LogP contribution in [0.2, 0.25) is 0 Å². The number of nitrogens with one attached hydrogen (secondary N) is 1. The first kappa shape index (κ1) is 17.2. The van der Waals surface area contributed by atoms with Crippen LogP contribution in [0.15, 0.2) is 12.3 Å². The van der Waals surface area contributed by atoms with Crippen molar-refractivity contribution in [3.8, 4) is 0 Å². The zero-order chi connectivity index (χ0) is 15.8. The van der Waals surface area contributed by atoms with Crippen molar-refractivity contribution >= 4 is 17.5 Å². The second-order valence-electron chi connectivity index (χ2n) is 5.04. The normalized spacial score (nSPS) is 12.2. The van der Waals surface area contributed by atoms with Gasteiger partial charge in [-0.1, -0.05) is 6.92 Å². The Hall–Kier alpha value is -1.82. The molecule has 0 radical (unpaired) electrons. The molecule has 1 atom stereocenters.